The van der Waals surface area contributed by atoms with E-state index in [2.05, 4.69) is 11.9 Å². The maximum atomic E-state index is 12.2. The molecule has 222 valence electrons. The zero-order chi connectivity index (χ0) is 30.6. The zero-order valence-corrected chi connectivity index (χ0v) is 25.3. The van der Waals surface area contributed by atoms with Gasteiger partial charge in [0.1, 0.15) is 22.9 Å². The van der Waals surface area contributed by atoms with Gasteiger partial charge >= 0.3 is 12.1 Å². The zero-order valence-electron chi connectivity index (χ0n) is 25.3. The molecule has 0 bridgehead atoms. The molecule has 0 heterocycles. The van der Waals surface area contributed by atoms with Crippen molar-refractivity contribution in [3.8, 4) is 5.75 Å². The first-order valence-corrected chi connectivity index (χ1v) is 13.8. The first-order valence-electron chi connectivity index (χ1n) is 13.8. The molecule has 0 atom stereocenters. The minimum atomic E-state index is -0.593. The predicted octanol–water partition coefficient (Wildman–Crippen LogP) is 7.49. The highest BCUT2D eigenvalue weighted by Crippen LogP contribution is 2.30. The van der Waals surface area contributed by atoms with Gasteiger partial charge in [0.05, 0.1) is 25.9 Å². The van der Waals surface area contributed by atoms with E-state index in [0.717, 1.165) is 16.7 Å². The number of allylic oxidation sites excluding steroid dienone is 4. The van der Waals surface area contributed by atoms with Gasteiger partial charge in [-0.05, 0) is 69.2 Å². The second kappa shape index (κ2) is 15.6. The topological polar surface area (TPSA) is 103 Å². The molecule has 0 spiro atoms. The van der Waals surface area contributed by atoms with Gasteiger partial charge in [0, 0.05) is 36.1 Å². The Morgan fingerprint density at radius 3 is 2.37 bits per heavy atom. The monoisotopic (exact) mass is 565 g/mol. The molecular weight excluding hydrogens is 522 g/mol. The van der Waals surface area contributed by atoms with E-state index in [1.165, 1.54) is 7.11 Å². The van der Waals surface area contributed by atoms with E-state index in [-0.39, 0.29) is 18.7 Å². The first-order chi connectivity index (χ1) is 19.4. The molecule has 0 aliphatic rings. The van der Waals surface area contributed by atoms with Crippen molar-refractivity contribution in [2.75, 3.05) is 13.7 Å². The molecule has 0 fully saturated rings. The molecule has 0 aliphatic carbocycles. The Morgan fingerprint density at radius 1 is 1.02 bits per heavy atom. The highest BCUT2D eigenvalue weighted by molar-refractivity contribution is 5.77. The number of nitrogens with one attached hydrogen (secondary N) is 1. The Bertz CT molecular complexity index is 1280. The third-order valence-corrected chi connectivity index (χ3v) is 5.88. The number of methoxy groups -OCH3 is 1. The highest BCUT2D eigenvalue weighted by Gasteiger charge is 2.17. The molecular formula is C33H43NO7. The van der Waals surface area contributed by atoms with Crippen molar-refractivity contribution in [1.82, 2.24) is 5.32 Å². The molecule has 0 radical (unpaired) electrons. The summed E-state index contributed by atoms with van der Waals surface area (Å²) in [5, 5.41) is 13.6. The second-order valence-corrected chi connectivity index (χ2v) is 10.3. The number of rotatable bonds is 13. The van der Waals surface area contributed by atoms with Crippen LogP contribution in [0.2, 0.25) is 0 Å². The highest BCUT2D eigenvalue weighted by atomic mass is 16.6. The van der Waals surface area contributed by atoms with Crippen LogP contribution in [0.1, 0.15) is 76.6 Å². The largest absolute Gasteiger partial charge is 0.512 e. The summed E-state index contributed by atoms with van der Waals surface area (Å²) in [6, 6.07) is 12.9. The maximum absolute atomic E-state index is 12.2. The molecule has 2 aromatic rings. The van der Waals surface area contributed by atoms with Crippen molar-refractivity contribution in [1.29, 1.82) is 0 Å². The summed E-state index contributed by atoms with van der Waals surface area (Å²) < 4.78 is 22.0. The Morgan fingerprint density at radius 2 is 1.76 bits per heavy atom. The van der Waals surface area contributed by atoms with Crippen LogP contribution in [0.25, 0.3) is 11.3 Å². The van der Waals surface area contributed by atoms with Crippen LogP contribution in [-0.2, 0) is 32.0 Å². The van der Waals surface area contributed by atoms with Crippen LogP contribution in [0.15, 0.2) is 66.6 Å². The maximum Gasteiger partial charge on any atom is 0.407 e. The molecule has 41 heavy (non-hydrogen) atoms. The molecule has 0 saturated carbocycles. The van der Waals surface area contributed by atoms with E-state index < -0.39 is 17.7 Å². The molecule has 0 aromatic heterocycles. The smallest absolute Gasteiger partial charge is 0.407 e. The van der Waals surface area contributed by atoms with E-state index >= 15 is 0 Å². The fraction of sp³-hybridized carbons (Fsp3) is 0.394. The number of hydrogen-bond acceptors (Lipinski definition) is 7. The molecule has 2 aromatic carbocycles. The number of esters is 1. The summed E-state index contributed by atoms with van der Waals surface area (Å²) in [7, 11) is 1.34. The van der Waals surface area contributed by atoms with E-state index in [4.69, 9.17) is 18.9 Å². The van der Waals surface area contributed by atoms with Gasteiger partial charge in [0.15, 0.2) is 0 Å². The lowest BCUT2D eigenvalue weighted by Crippen LogP contribution is -2.32. The van der Waals surface area contributed by atoms with Gasteiger partial charge in [-0.1, -0.05) is 38.6 Å². The van der Waals surface area contributed by atoms with Crippen molar-refractivity contribution in [3.63, 3.8) is 0 Å². The lowest BCUT2D eigenvalue weighted by atomic mass is 9.99. The Hall–Kier alpha value is -4.20. The number of aliphatic hydroxyl groups excluding tert-OH is 1. The van der Waals surface area contributed by atoms with E-state index in [0.29, 0.717) is 47.9 Å². The average Bonchev–Trinajstić information content (AvgIpc) is 2.93. The number of amides is 1. The number of alkyl carbamates (subject to hydrolysis) is 1. The van der Waals surface area contributed by atoms with Crippen molar-refractivity contribution in [2.45, 2.75) is 73.0 Å². The van der Waals surface area contributed by atoms with E-state index in [9.17, 15) is 14.7 Å². The summed E-state index contributed by atoms with van der Waals surface area (Å²) in [5.41, 5.74) is 2.97. The van der Waals surface area contributed by atoms with E-state index in [1.807, 2.05) is 71.9 Å². The number of ether oxygens (including phenoxy) is 4. The number of carbonyl (C=O) groups is 2. The average molecular weight is 566 g/mol. The molecule has 1 amide bonds. The summed E-state index contributed by atoms with van der Waals surface area (Å²) in [6.45, 7) is 15.8. The van der Waals surface area contributed by atoms with E-state index in [1.54, 1.807) is 18.2 Å². The van der Waals surface area contributed by atoms with Crippen LogP contribution in [0.3, 0.4) is 0 Å². The Balaban J connectivity index is 2.41. The van der Waals surface area contributed by atoms with Crippen LogP contribution in [0.5, 0.6) is 5.75 Å². The molecule has 8 heteroatoms. The summed E-state index contributed by atoms with van der Waals surface area (Å²) in [5.74, 6) is 1.35. The van der Waals surface area contributed by atoms with Gasteiger partial charge in [-0.15, -0.1) is 0 Å². The van der Waals surface area contributed by atoms with Crippen LogP contribution in [-0.4, -0.2) is 36.5 Å². The van der Waals surface area contributed by atoms with Crippen molar-refractivity contribution >= 4 is 23.4 Å². The fourth-order valence-corrected chi connectivity index (χ4v) is 3.84. The first kappa shape index (κ1) is 33.0. The van der Waals surface area contributed by atoms with Gasteiger partial charge < -0.3 is 29.4 Å². The predicted molar refractivity (Wildman–Crippen MR) is 161 cm³/mol. The number of hydrogen-bond donors (Lipinski definition) is 2. The third-order valence-electron chi connectivity index (χ3n) is 5.88. The lowest BCUT2D eigenvalue weighted by Gasteiger charge is -2.19. The van der Waals surface area contributed by atoms with Gasteiger partial charge in [-0.25, -0.2) is 4.79 Å². The van der Waals surface area contributed by atoms with Gasteiger partial charge in [0.2, 0.25) is 0 Å². The van der Waals surface area contributed by atoms with Gasteiger partial charge in [0.25, 0.3) is 0 Å². The van der Waals surface area contributed by atoms with Crippen LogP contribution in [0, 0.1) is 0 Å². The van der Waals surface area contributed by atoms with Gasteiger partial charge in [-0.2, -0.15) is 0 Å². The molecule has 0 saturated heterocycles. The Labute approximate surface area is 243 Å². The Kier molecular flexibility index (Phi) is 12.5. The van der Waals surface area contributed by atoms with Crippen LogP contribution >= 0.6 is 0 Å². The standard InChI is InChI=1S/C33H43NO7/c1-9-27(40-30-16-15-24(22(4)39-11-3)18-26(30)19-31(36)38-8)20-28(29(35)10-2)25-14-12-13-23(17-25)21-34-32(37)41-33(5,6)7/h12-18,20,35H,4,9-11,19,21H2,1-3,5-8H3,(H,34,37)/b27-20+,29-28-. The molecule has 2 rings (SSSR count). The summed E-state index contributed by atoms with van der Waals surface area (Å²) >= 11 is 0. The lowest BCUT2D eigenvalue weighted by molar-refractivity contribution is -0.139. The second-order valence-electron chi connectivity index (χ2n) is 10.3. The van der Waals surface area contributed by atoms with Crippen molar-refractivity contribution in [2.24, 2.45) is 0 Å². The third kappa shape index (κ3) is 10.7. The minimum absolute atomic E-state index is 0.00563. The SMILES string of the molecule is C=C(OCC)c1ccc(O/C(=C/C(=C(/O)CC)c2cccc(CNC(=O)OC(C)(C)C)c2)CC)c(CC(=O)OC)c1. The number of aliphatic hydroxyl groups is 1. The normalized spacial score (nSPS) is 12.2. The molecule has 0 unspecified atom stereocenters. The summed E-state index contributed by atoms with van der Waals surface area (Å²) in [4.78, 5) is 24.3. The summed E-state index contributed by atoms with van der Waals surface area (Å²) in [6.07, 6.45) is 2.23. The van der Waals surface area contributed by atoms with Crippen molar-refractivity contribution in [3.05, 3.63) is 88.9 Å². The fourth-order valence-electron chi connectivity index (χ4n) is 3.84. The number of carbonyl (C=O) groups excluding carboxylic acids is 2. The number of benzene rings is 2. The molecule has 2 N–H and O–H groups in total. The molecule has 8 nitrogen and oxygen atoms in total. The minimum Gasteiger partial charge on any atom is -0.512 e. The van der Waals surface area contributed by atoms with Crippen LogP contribution < -0.4 is 10.1 Å². The molecule has 0 aliphatic heterocycles. The van der Waals surface area contributed by atoms with Gasteiger partial charge in [-0.3, -0.25) is 4.79 Å². The van der Waals surface area contributed by atoms with Crippen LogP contribution in [0.4, 0.5) is 4.79 Å². The van der Waals surface area contributed by atoms with Crippen molar-refractivity contribution < 1.29 is 33.6 Å². The quantitative estimate of drug-likeness (QED) is 0.147.